The lowest BCUT2D eigenvalue weighted by atomic mass is 10.3. The maximum atomic E-state index is 10.6. The summed E-state index contributed by atoms with van der Waals surface area (Å²) in [5, 5.41) is 16.0. The Morgan fingerprint density at radius 2 is 1.80 bits per heavy atom. The lowest BCUT2D eigenvalue weighted by Crippen LogP contribution is -2.31. The Labute approximate surface area is 85.3 Å². The molecule has 0 spiro atoms. The molecule has 1 atom stereocenters. The van der Waals surface area contributed by atoms with Crippen LogP contribution in [-0.2, 0) is 4.79 Å². The molecule has 15 heavy (non-hydrogen) atoms. The Balaban J connectivity index is 0. The number of nitrogens with two attached hydrogens (primary N) is 1. The second kappa shape index (κ2) is 7.43. The second-order valence-electron chi connectivity index (χ2n) is 2.95. The summed E-state index contributed by atoms with van der Waals surface area (Å²) in [4.78, 5) is 10.8. The summed E-state index contributed by atoms with van der Waals surface area (Å²) in [7, 11) is 3.80. The second-order valence-corrected chi connectivity index (χ2v) is 2.95. The van der Waals surface area contributed by atoms with Crippen LogP contribution >= 0.6 is 0 Å². The number of aliphatic hydroxyl groups is 1. The van der Waals surface area contributed by atoms with E-state index < -0.39 is 12.1 Å². The lowest BCUT2D eigenvalue weighted by Gasteiger charge is -2.12. The summed E-state index contributed by atoms with van der Waals surface area (Å²) in [6.07, 6.45) is -5.45. The van der Waals surface area contributed by atoms with Crippen LogP contribution in [0.3, 0.4) is 0 Å². The van der Waals surface area contributed by atoms with Crippen LogP contribution in [0.15, 0.2) is 0 Å². The smallest absolute Gasteiger partial charge is 0.475 e. The molecule has 92 valence electrons. The number of hydrogen-bond donors (Lipinski definition) is 3. The molecule has 0 aromatic heterocycles. The minimum atomic E-state index is -5.08. The van der Waals surface area contributed by atoms with Gasteiger partial charge in [-0.2, -0.15) is 13.2 Å². The number of likely N-dealkylation sites (N-methyl/N-ethyl adjacent to an activating group) is 1. The Kier molecular flexibility index (Phi) is 8.21. The van der Waals surface area contributed by atoms with Crippen LogP contribution < -0.4 is 5.73 Å². The van der Waals surface area contributed by atoms with Gasteiger partial charge in [0.15, 0.2) is 0 Å². The van der Waals surface area contributed by atoms with Crippen molar-refractivity contribution in [3.8, 4) is 0 Å². The molecule has 0 aliphatic rings. The predicted molar refractivity (Wildman–Crippen MR) is 47.3 cm³/mol. The van der Waals surface area contributed by atoms with E-state index in [1.807, 2.05) is 19.0 Å². The van der Waals surface area contributed by atoms with Gasteiger partial charge in [-0.05, 0) is 14.1 Å². The molecule has 1 unspecified atom stereocenters. The summed E-state index contributed by atoms with van der Waals surface area (Å²) in [5.41, 5.74) is 5.14. The van der Waals surface area contributed by atoms with E-state index >= 15 is 0 Å². The topological polar surface area (TPSA) is 86.8 Å². The van der Waals surface area contributed by atoms with Gasteiger partial charge in [-0.3, -0.25) is 0 Å². The Bertz CT molecular complexity index is 185. The van der Waals surface area contributed by atoms with Crippen LogP contribution in [0.4, 0.5) is 13.2 Å². The van der Waals surface area contributed by atoms with Crippen molar-refractivity contribution >= 4 is 5.97 Å². The van der Waals surface area contributed by atoms with Gasteiger partial charge in [0.1, 0.15) is 0 Å². The van der Waals surface area contributed by atoms with E-state index in [4.69, 9.17) is 20.7 Å². The van der Waals surface area contributed by atoms with Crippen molar-refractivity contribution < 1.29 is 28.2 Å². The van der Waals surface area contributed by atoms with Crippen LogP contribution in [0.2, 0.25) is 0 Å². The molecule has 0 heterocycles. The van der Waals surface area contributed by atoms with Gasteiger partial charge in [-0.1, -0.05) is 0 Å². The van der Waals surface area contributed by atoms with Gasteiger partial charge in [0.2, 0.25) is 0 Å². The number of alkyl halides is 3. The van der Waals surface area contributed by atoms with Crippen LogP contribution in [-0.4, -0.2) is 60.5 Å². The first-order valence-corrected chi connectivity index (χ1v) is 3.94. The molecule has 0 aromatic carbocycles. The molecule has 0 bridgehead atoms. The molecule has 0 saturated carbocycles. The molecule has 0 radical (unpaired) electrons. The standard InChI is InChI=1S/C5H14N2O.C2HF3O2/c1-7(2)4-5(8)3-6;3-2(4,5)1(6)7/h5,8H,3-4,6H2,1-2H3;(H,6,7). The van der Waals surface area contributed by atoms with Crippen LogP contribution in [0, 0.1) is 0 Å². The first kappa shape index (κ1) is 16.6. The van der Waals surface area contributed by atoms with E-state index in [2.05, 4.69) is 0 Å². The maximum absolute atomic E-state index is 10.6. The predicted octanol–water partition coefficient (Wildman–Crippen LogP) is -0.499. The number of aliphatic carboxylic acids is 1. The molecule has 0 saturated heterocycles. The van der Waals surface area contributed by atoms with Gasteiger partial charge >= 0.3 is 12.1 Å². The molecule has 8 heteroatoms. The van der Waals surface area contributed by atoms with Gasteiger partial charge in [0.05, 0.1) is 6.10 Å². The number of hydrogen-bond acceptors (Lipinski definition) is 4. The van der Waals surface area contributed by atoms with Crippen molar-refractivity contribution in [1.29, 1.82) is 0 Å². The zero-order chi connectivity index (χ0) is 12.6. The summed E-state index contributed by atoms with van der Waals surface area (Å²) >= 11 is 0. The van der Waals surface area contributed by atoms with E-state index in [1.165, 1.54) is 0 Å². The van der Waals surface area contributed by atoms with Gasteiger partial charge < -0.3 is 20.8 Å². The first-order chi connectivity index (χ1) is 6.61. The highest BCUT2D eigenvalue weighted by molar-refractivity contribution is 5.73. The molecule has 0 amide bonds. The number of carboxylic acids is 1. The normalized spacial score (nSPS) is 13.1. The Morgan fingerprint density at radius 1 is 1.47 bits per heavy atom. The number of rotatable bonds is 3. The minimum Gasteiger partial charge on any atom is -0.475 e. The fourth-order valence-corrected chi connectivity index (χ4v) is 0.496. The fraction of sp³-hybridized carbons (Fsp3) is 0.857. The van der Waals surface area contributed by atoms with E-state index in [0.717, 1.165) is 0 Å². The SMILES string of the molecule is CN(C)CC(O)CN.O=C(O)C(F)(F)F. The summed E-state index contributed by atoms with van der Waals surface area (Å²) in [5.74, 6) is -2.76. The molecule has 0 aliphatic heterocycles. The fourth-order valence-electron chi connectivity index (χ4n) is 0.496. The molecule has 0 rings (SSSR count). The molecular weight excluding hydrogens is 217 g/mol. The number of carbonyl (C=O) groups is 1. The third kappa shape index (κ3) is 13.1. The number of carboxylic acid groups (broad SMARTS) is 1. The monoisotopic (exact) mass is 232 g/mol. The largest absolute Gasteiger partial charge is 0.490 e. The molecule has 0 aliphatic carbocycles. The van der Waals surface area contributed by atoms with Gasteiger partial charge in [0, 0.05) is 13.1 Å². The maximum Gasteiger partial charge on any atom is 0.490 e. The van der Waals surface area contributed by atoms with Crippen LogP contribution in [0.25, 0.3) is 0 Å². The first-order valence-electron chi connectivity index (χ1n) is 3.94. The summed E-state index contributed by atoms with van der Waals surface area (Å²) in [6.45, 7) is 0.995. The summed E-state index contributed by atoms with van der Waals surface area (Å²) in [6, 6.07) is 0. The molecule has 4 N–H and O–H groups in total. The quantitative estimate of drug-likeness (QED) is 0.610. The third-order valence-electron chi connectivity index (χ3n) is 1.09. The van der Waals surface area contributed by atoms with E-state index in [0.29, 0.717) is 13.1 Å². The van der Waals surface area contributed by atoms with Crippen LogP contribution in [0.5, 0.6) is 0 Å². The van der Waals surface area contributed by atoms with Gasteiger partial charge in [0.25, 0.3) is 0 Å². The van der Waals surface area contributed by atoms with Gasteiger partial charge in [-0.25, -0.2) is 4.79 Å². The van der Waals surface area contributed by atoms with E-state index in [9.17, 15) is 13.2 Å². The molecule has 5 nitrogen and oxygen atoms in total. The van der Waals surface area contributed by atoms with E-state index in [1.54, 1.807) is 0 Å². The highest BCUT2D eigenvalue weighted by Gasteiger charge is 2.38. The summed E-state index contributed by atoms with van der Waals surface area (Å²) < 4.78 is 31.7. The van der Waals surface area contributed by atoms with Crippen molar-refractivity contribution in [2.45, 2.75) is 12.3 Å². The van der Waals surface area contributed by atoms with Crippen LogP contribution in [0.1, 0.15) is 0 Å². The van der Waals surface area contributed by atoms with Gasteiger partial charge in [-0.15, -0.1) is 0 Å². The average molecular weight is 232 g/mol. The average Bonchev–Trinajstić information content (AvgIpc) is 2.02. The Morgan fingerprint density at radius 3 is 1.87 bits per heavy atom. The minimum absolute atomic E-state index is 0.345. The lowest BCUT2D eigenvalue weighted by molar-refractivity contribution is -0.192. The highest BCUT2D eigenvalue weighted by Crippen LogP contribution is 2.13. The molecule has 0 fully saturated rings. The number of nitrogens with zero attached hydrogens (tertiary/aromatic N) is 1. The Hall–Kier alpha value is -0.860. The number of aliphatic hydroxyl groups excluding tert-OH is 1. The van der Waals surface area contributed by atoms with E-state index in [-0.39, 0.29) is 6.10 Å². The highest BCUT2D eigenvalue weighted by atomic mass is 19.4. The molecular formula is C7H15F3N2O3. The van der Waals surface area contributed by atoms with Crippen molar-refractivity contribution in [3.05, 3.63) is 0 Å². The van der Waals surface area contributed by atoms with Crippen molar-refractivity contribution in [2.24, 2.45) is 5.73 Å². The third-order valence-corrected chi connectivity index (χ3v) is 1.09. The van der Waals surface area contributed by atoms with Crippen molar-refractivity contribution in [3.63, 3.8) is 0 Å². The van der Waals surface area contributed by atoms with Crippen molar-refractivity contribution in [1.82, 2.24) is 4.90 Å². The van der Waals surface area contributed by atoms with Crippen molar-refractivity contribution in [2.75, 3.05) is 27.2 Å². The molecule has 0 aromatic rings. The zero-order valence-electron chi connectivity index (χ0n) is 8.45. The number of halogens is 3. The zero-order valence-corrected chi connectivity index (χ0v) is 8.45.